The van der Waals surface area contributed by atoms with Crippen LogP contribution >= 0.6 is 0 Å². The number of nitrogens with one attached hydrogen (secondary N) is 1. The number of aryl methyl sites for hydroxylation is 1. The van der Waals surface area contributed by atoms with Gasteiger partial charge in [0.05, 0.1) is 7.11 Å². The molecule has 110 valence electrons. The second kappa shape index (κ2) is 6.77. The predicted octanol–water partition coefficient (Wildman–Crippen LogP) is 3.59. The second-order valence-electron chi connectivity index (χ2n) is 5.82. The number of hydrogen-bond acceptors (Lipinski definition) is 2. The van der Waals surface area contributed by atoms with Crippen LogP contribution in [0.1, 0.15) is 23.1 Å². The fourth-order valence-corrected chi connectivity index (χ4v) is 3.21. The van der Waals surface area contributed by atoms with Crippen LogP contribution in [0.5, 0.6) is 5.75 Å². The summed E-state index contributed by atoms with van der Waals surface area (Å²) >= 11 is 0. The Morgan fingerprint density at radius 3 is 2.76 bits per heavy atom. The molecule has 0 saturated carbocycles. The Kier molecular flexibility index (Phi) is 4.56. The fourth-order valence-electron chi connectivity index (χ4n) is 3.21. The van der Waals surface area contributed by atoms with Gasteiger partial charge in [-0.15, -0.1) is 0 Å². The molecule has 2 nitrogen and oxygen atoms in total. The first-order valence-corrected chi connectivity index (χ1v) is 7.76. The van der Waals surface area contributed by atoms with E-state index < -0.39 is 0 Å². The van der Waals surface area contributed by atoms with Gasteiger partial charge < -0.3 is 10.1 Å². The summed E-state index contributed by atoms with van der Waals surface area (Å²) in [6, 6.07) is 17.0. The molecule has 0 aliphatic heterocycles. The quantitative estimate of drug-likeness (QED) is 0.904. The Morgan fingerprint density at radius 2 is 1.95 bits per heavy atom. The zero-order valence-corrected chi connectivity index (χ0v) is 12.6. The summed E-state index contributed by atoms with van der Waals surface area (Å²) in [6.07, 6.45) is 3.56. The van der Waals surface area contributed by atoms with Crippen LogP contribution in [0.4, 0.5) is 0 Å². The van der Waals surface area contributed by atoms with E-state index >= 15 is 0 Å². The van der Waals surface area contributed by atoms with Gasteiger partial charge in [0.2, 0.25) is 0 Å². The van der Waals surface area contributed by atoms with Crippen LogP contribution in [0.2, 0.25) is 0 Å². The Morgan fingerprint density at radius 1 is 1.10 bits per heavy atom. The van der Waals surface area contributed by atoms with E-state index in [-0.39, 0.29) is 0 Å². The molecule has 0 fully saturated rings. The van der Waals surface area contributed by atoms with Crippen molar-refractivity contribution in [3.8, 4) is 5.75 Å². The van der Waals surface area contributed by atoms with Gasteiger partial charge in [0.25, 0.3) is 0 Å². The molecule has 2 aromatic rings. The minimum Gasteiger partial charge on any atom is -0.496 e. The second-order valence-corrected chi connectivity index (χ2v) is 5.82. The van der Waals surface area contributed by atoms with Crippen LogP contribution in [0, 0.1) is 5.92 Å². The van der Waals surface area contributed by atoms with E-state index in [0.29, 0.717) is 5.92 Å². The molecule has 2 aromatic carbocycles. The van der Waals surface area contributed by atoms with E-state index in [2.05, 4.69) is 53.8 Å². The lowest BCUT2D eigenvalue weighted by Gasteiger charge is -2.26. The van der Waals surface area contributed by atoms with Crippen molar-refractivity contribution >= 4 is 0 Å². The first kappa shape index (κ1) is 14.2. The molecule has 0 amide bonds. The maximum absolute atomic E-state index is 5.51. The lowest BCUT2D eigenvalue weighted by molar-refractivity contribution is 0.383. The molecule has 0 heterocycles. The van der Waals surface area contributed by atoms with Crippen LogP contribution < -0.4 is 10.1 Å². The van der Waals surface area contributed by atoms with Gasteiger partial charge in [-0.2, -0.15) is 0 Å². The molecule has 3 rings (SSSR count). The molecular formula is C19H23NO. The van der Waals surface area contributed by atoms with E-state index in [4.69, 9.17) is 4.74 Å². The van der Waals surface area contributed by atoms with Crippen LogP contribution in [-0.2, 0) is 19.4 Å². The first-order valence-electron chi connectivity index (χ1n) is 7.76. The molecule has 0 saturated heterocycles. The number of hydrogen-bond donors (Lipinski definition) is 1. The number of ether oxygens (including phenoxy) is 1. The molecule has 1 aliphatic rings. The third kappa shape index (κ3) is 3.45. The van der Waals surface area contributed by atoms with Crippen LogP contribution in [-0.4, -0.2) is 13.7 Å². The van der Waals surface area contributed by atoms with Gasteiger partial charge in [-0.05, 0) is 54.5 Å². The van der Waals surface area contributed by atoms with Crippen molar-refractivity contribution in [1.82, 2.24) is 5.32 Å². The molecule has 0 aromatic heterocycles. The average molecular weight is 281 g/mol. The number of rotatable bonds is 5. The Bertz CT molecular complexity index is 565. The first-order chi connectivity index (χ1) is 10.4. The molecule has 0 bridgehead atoms. The average Bonchev–Trinajstić information content (AvgIpc) is 2.55. The highest BCUT2D eigenvalue weighted by Gasteiger charge is 2.21. The summed E-state index contributed by atoms with van der Waals surface area (Å²) in [7, 11) is 1.77. The van der Waals surface area contributed by atoms with E-state index in [9.17, 15) is 0 Å². The zero-order chi connectivity index (χ0) is 14.5. The monoisotopic (exact) mass is 281 g/mol. The highest BCUT2D eigenvalue weighted by atomic mass is 16.5. The van der Waals surface area contributed by atoms with Crippen LogP contribution in [0.3, 0.4) is 0 Å². The summed E-state index contributed by atoms with van der Waals surface area (Å²) in [5, 5.41) is 3.60. The van der Waals surface area contributed by atoms with Crippen molar-refractivity contribution in [3.63, 3.8) is 0 Å². The minimum absolute atomic E-state index is 0.706. The van der Waals surface area contributed by atoms with Crippen molar-refractivity contribution in [2.24, 2.45) is 5.92 Å². The van der Waals surface area contributed by atoms with Gasteiger partial charge in [0.1, 0.15) is 5.75 Å². The van der Waals surface area contributed by atoms with Gasteiger partial charge in [0, 0.05) is 6.54 Å². The van der Waals surface area contributed by atoms with Crippen LogP contribution in [0.15, 0.2) is 48.5 Å². The van der Waals surface area contributed by atoms with Crippen molar-refractivity contribution in [1.29, 1.82) is 0 Å². The molecule has 21 heavy (non-hydrogen) atoms. The maximum atomic E-state index is 5.51. The van der Waals surface area contributed by atoms with Crippen molar-refractivity contribution < 1.29 is 4.74 Å². The normalized spacial score (nSPS) is 17.3. The molecule has 0 spiro atoms. The summed E-state index contributed by atoms with van der Waals surface area (Å²) in [5.41, 5.74) is 4.23. The van der Waals surface area contributed by atoms with Gasteiger partial charge >= 0.3 is 0 Å². The molecule has 0 radical (unpaired) electrons. The smallest absolute Gasteiger partial charge is 0.122 e. The maximum Gasteiger partial charge on any atom is 0.122 e. The topological polar surface area (TPSA) is 21.3 Å². The fraction of sp³-hybridized carbons (Fsp3) is 0.368. The third-order valence-electron chi connectivity index (χ3n) is 4.37. The summed E-state index contributed by atoms with van der Waals surface area (Å²) in [4.78, 5) is 0. The van der Waals surface area contributed by atoms with E-state index in [1.165, 1.54) is 29.5 Å². The lowest BCUT2D eigenvalue weighted by Crippen LogP contribution is -2.27. The standard InChI is InChI=1S/C19H23NO/c1-21-19-9-5-8-17-11-10-16(12-18(17)19)14-20-13-15-6-3-2-4-7-15/h2-9,16,20H,10-14H2,1H3. The van der Waals surface area contributed by atoms with Gasteiger partial charge in [-0.1, -0.05) is 42.5 Å². The Hall–Kier alpha value is -1.80. The van der Waals surface area contributed by atoms with Crippen LogP contribution in [0.25, 0.3) is 0 Å². The van der Waals surface area contributed by atoms with E-state index in [1.54, 1.807) is 7.11 Å². The molecule has 1 atom stereocenters. The van der Waals surface area contributed by atoms with Gasteiger partial charge in [-0.25, -0.2) is 0 Å². The number of benzene rings is 2. The highest BCUT2D eigenvalue weighted by molar-refractivity contribution is 5.42. The summed E-state index contributed by atoms with van der Waals surface area (Å²) < 4.78 is 5.51. The van der Waals surface area contributed by atoms with Gasteiger partial charge in [0.15, 0.2) is 0 Å². The third-order valence-corrected chi connectivity index (χ3v) is 4.37. The number of fused-ring (bicyclic) bond motifs is 1. The predicted molar refractivity (Wildman–Crippen MR) is 86.7 cm³/mol. The minimum atomic E-state index is 0.706. The summed E-state index contributed by atoms with van der Waals surface area (Å²) in [6.45, 7) is 2.03. The highest BCUT2D eigenvalue weighted by Crippen LogP contribution is 2.31. The van der Waals surface area contributed by atoms with E-state index in [0.717, 1.165) is 25.3 Å². The largest absolute Gasteiger partial charge is 0.496 e. The number of methoxy groups -OCH3 is 1. The molecule has 1 N–H and O–H groups in total. The molecule has 1 unspecified atom stereocenters. The van der Waals surface area contributed by atoms with E-state index in [1.807, 2.05) is 0 Å². The SMILES string of the molecule is COc1cccc2c1CC(CNCc1ccccc1)CC2. The van der Waals surface area contributed by atoms with Crippen molar-refractivity contribution in [2.75, 3.05) is 13.7 Å². The Balaban J connectivity index is 1.56. The van der Waals surface area contributed by atoms with Crippen molar-refractivity contribution in [3.05, 3.63) is 65.2 Å². The zero-order valence-electron chi connectivity index (χ0n) is 12.6. The summed E-state index contributed by atoms with van der Waals surface area (Å²) in [5.74, 6) is 1.76. The molecule has 1 aliphatic carbocycles. The Labute approximate surface area is 127 Å². The molecule has 2 heteroatoms. The van der Waals surface area contributed by atoms with Crippen molar-refractivity contribution in [2.45, 2.75) is 25.8 Å². The van der Waals surface area contributed by atoms with Gasteiger partial charge in [-0.3, -0.25) is 0 Å². The molecular weight excluding hydrogens is 258 g/mol. The lowest BCUT2D eigenvalue weighted by atomic mass is 9.83.